The number of hydrogen-bond donors (Lipinski definition) is 0. The number of nitrogens with zero attached hydrogens (tertiary/aromatic N) is 3. The highest BCUT2D eigenvalue weighted by atomic mass is 19.1. The van der Waals surface area contributed by atoms with Crippen LogP contribution in [0.5, 0.6) is 0 Å². The summed E-state index contributed by atoms with van der Waals surface area (Å²) >= 11 is 0. The van der Waals surface area contributed by atoms with Crippen molar-refractivity contribution in [3.05, 3.63) is 58.7 Å². The second-order valence-electron chi connectivity index (χ2n) is 8.09. The molecule has 33 heavy (non-hydrogen) atoms. The minimum Gasteiger partial charge on any atom is -0.465 e. The number of aromatic nitrogens is 2. The quantitative estimate of drug-likeness (QED) is 0.560. The second-order valence-corrected chi connectivity index (χ2v) is 8.09. The van der Waals surface area contributed by atoms with Crippen LogP contribution in [-0.4, -0.2) is 66.4 Å². The van der Waals surface area contributed by atoms with Gasteiger partial charge in [0, 0.05) is 24.7 Å². The number of pyridine rings is 1. The number of rotatable bonds is 4. The number of halogens is 1. The van der Waals surface area contributed by atoms with Crippen LogP contribution in [0.4, 0.5) is 9.18 Å². The molecule has 4 rings (SSSR count). The van der Waals surface area contributed by atoms with E-state index in [9.17, 15) is 9.59 Å². The fourth-order valence-corrected chi connectivity index (χ4v) is 4.23. The van der Waals surface area contributed by atoms with Crippen molar-refractivity contribution < 1.29 is 28.2 Å². The third kappa shape index (κ3) is 4.41. The summed E-state index contributed by atoms with van der Waals surface area (Å²) in [7, 11) is 2.61. The van der Waals surface area contributed by atoms with E-state index in [2.05, 4.69) is 0 Å². The van der Waals surface area contributed by atoms with Gasteiger partial charge in [-0.05, 0) is 49.2 Å². The van der Waals surface area contributed by atoms with Crippen LogP contribution in [0.2, 0.25) is 0 Å². The number of carbonyl (C=O) groups is 2. The number of aryl methyl sites for hydroxylation is 2. The summed E-state index contributed by atoms with van der Waals surface area (Å²) in [4.78, 5) is 30.3. The third-order valence-electron chi connectivity index (χ3n) is 5.82. The minimum absolute atomic E-state index is 0.141. The molecule has 0 saturated carbocycles. The summed E-state index contributed by atoms with van der Waals surface area (Å²) in [5.41, 5.74) is 3.96. The molecule has 1 fully saturated rings. The first kappa shape index (κ1) is 22.7. The second kappa shape index (κ2) is 9.19. The van der Waals surface area contributed by atoms with Crippen molar-refractivity contribution in [2.24, 2.45) is 0 Å². The summed E-state index contributed by atoms with van der Waals surface area (Å²) in [5, 5.41) is 0. The smallest absolute Gasteiger partial charge is 0.409 e. The topological polar surface area (TPSA) is 82.4 Å². The highest BCUT2D eigenvalue weighted by Gasteiger charge is 2.28. The fourth-order valence-electron chi connectivity index (χ4n) is 4.23. The molecule has 1 saturated heterocycles. The van der Waals surface area contributed by atoms with Crippen molar-refractivity contribution in [1.29, 1.82) is 0 Å². The maximum Gasteiger partial charge on any atom is 0.409 e. The van der Waals surface area contributed by atoms with Gasteiger partial charge >= 0.3 is 12.1 Å². The van der Waals surface area contributed by atoms with Gasteiger partial charge in [-0.3, -0.25) is 0 Å². The van der Waals surface area contributed by atoms with Crippen LogP contribution in [0.1, 0.15) is 27.2 Å². The van der Waals surface area contributed by atoms with Crippen LogP contribution in [0.15, 0.2) is 30.5 Å². The standard InChI is InChI=1S/C24H26FN3O5/c1-14-5-6-28-19(12-17-13-27(7-8-33-17)24(30)32-4)22(26-20(28)9-14)21-15(2)10-16(11-18(21)25)23(29)31-3/h5-6,9-11,17H,7-8,12-13H2,1-4H3. The molecule has 0 N–H and O–H groups in total. The summed E-state index contributed by atoms with van der Waals surface area (Å²) in [6.07, 6.45) is 1.59. The van der Waals surface area contributed by atoms with Gasteiger partial charge in [0.15, 0.2) is 0 Å². The van der Waals surface area contributed by atoms with Gasteiger partial charge in [0.25, 0.3) is 0 Å². The summed E-state index contributed by atoms with van der Waals surface area (Å²) in [6, 6.07) is 6.64. The van der Waals surface area contributed by atoms with Crippen molar-refractivity contribution in [3.63, 3.8) is 0 Å². The van der Waals surface area contributed by atoms with Gasteiger partial charge < -0.3 is 23.5 Å². The van der Waals surface area contributed by atoms with Crippen LogP contribution < -0.4 is 0 Å². The molecule has 1 aromatic carbocycles. The van der Waals surface area contributed by atoms with E-state index < -0.39 is 17.9 Å². The Morgan fingerprint density at radius 3 is 2.70 bits per heavy atom. The van der Waals surface area contributed by atoms with Crippen LogP contribution in [0.25, 0.3) is 16.9 Å². The zero-order valence-corrected chi connectivity index (χ0v) is 19.1. The predicted molar refractivity (Wildman–Crippen MR) is 119 cm³/mol. The van der Waals surface area contributed by atoms with Crippen molar-refractivity contribution in [1.82, 2.24) is 14.3 Å². The zero-order valence-electron chi connectivity index (χ0n) is 19.1. The number of imidazole rings is 1. The number of benzene rings is 1. The molecule has 1 unspecified atom stereocenters. The average Bonchev–Trinajstić information content (AvgIpc) is 3.14. The van der Waals surface area contributed by atoms with Crippen molar-refractivity contribution >= 4 is 17.7 Å². The third-order valence-corrected chi connectivity index (χ3v) is 5.82. The Labute approximate surface area is 190 Å². The Morgan fingerprint density at radius 1 is 1.21 bits per heavy atom. The molecule has 0 bridgehead atoms. The normalized spacial score (nSPS) is 16.2. The molecule has 0 radical (unpaired) electrons. The number of amides is 1. The van der Waals surface area contributed by atoms with Gasteiger partial charge in [0.2, 0.25) is 0 Å². The molecule has 0 spiro atoms. The van der Waals surface area contributed by atoms with Gasteiger partial charge in [0.1, 0.15) is 11.5 Å². The van der Waals surface area contributed by atoms with E-state index in [0.717, 1.165) is 11.3 Å². The highest BCUT2D eigenvalue weighted by molar-refractivity contribution is 5.90. The van der Waals surface area contributed by atoms with Crippen molar-refractivity contribution in [2.45, 2.75) is 26.4 Å². The van der Waals surface area contributed by atoms with Crippen molar-refractivity contribution in [3.8, 4) is 11.3 Å². The number of ether oxygens (including phenoxy) is 3. The molecule has 3 heterocycles. The summed E-state index contributed by atoms with van der Waals surface area (Å²) in [6.45, 7) is 4.88. The van der Waals surface area contributed by atoms with Gasteiger partial charge in [-0.1, -0.05) is 0 Å². The van der Waals surface area contributed by atoms with E-state index in [0.29, 0.717) is 48.6 Å². The maximum absolute atomic E-state index is 15.3. The first-order valence-electron chi connectivity index (χ1n) is 10.6. The number of hydrogen-bond acceptors (Lipinski definition) is 6. The van der Waals surface area contributed by atoms with E-state index in [1.807, 2.05) is 29.7 Å². The van der Waals surface area contributed by atoms with Crippen LogP contribution >= 0.6 is 0 Å². The lowest BCUT2D eigenvalue weighted by Crippen LogP contribution is -2.46. The number of morpholine rings is 1. The Kier molecular flexibility index (Phi) is 6.33. The molecule has 9 heteroatoms. The highest BCUT2D eigenvalue weighted by Crippen LogP contribution is 2.32. The summed E-state index contributed by atoms with van der Waals surface area (Å²) in [5.74, 6) is -1.16. The Morgan fingerprint density at radius 2 is 2.00 bits per heavy atom. The predicted octanol–water partition coefficient (Wildman–Crippen LogP) is 3.55. The molecule has 1 aliphatic heterocycles. The summed E-state index contributed by atoms with van der Waals surface area (Å²) < 4.78 is 32.7. The molecule has 1 aliphatic rings. The first-order valence-corrected chi connectivity index (χ1v) is 10.6. The molecule has 1 amide bonds. The van der Waals surface area contributed by atoms with Crippen LogP contribution in [0, 0.1) is 19.7 Å². The molecule has 3 aromatic rings. The van der Waals surface area contributed by atoms with E-state index in [-0.39, 0.29) is 11.7 Å². The lowest BCUT2D eigenvalue weighted by molar-refractivity contribution is -0.0241. The number of methoxy groups -OCH3 is 2. The monoisotopic (exact) mass is 455 g/mol. The van der Waals surface area contributed by atoms with Gasteiger partial charge in [-0.15, -0.1) is 0 Å². The van der Waals surface area contributed by atoms with Gasteiger partial charge in [-0.2, -0.15) is 0 Å². The molecule has 174 valence electrons. The maximum atomic E-state index is 15.3. The Bertz CT molecular complexity index is 1200. The van der Waals surface area contributed by atoms with Crippen molar-refractivity contribution in [2.75, 3.05) is 33.9 Å². The molecule has 1 atom stereocenters. The fraction of sp³-hybridized carbons (Fsp3) is 0.375. The van der Waals surface area contributed by atoms with Gasteiger partial charge in [-0.25, -0.2) is 19.0 Å². The average molecular weight is 455 g/mol. The van der Waals surface area contributed by atoms with Crippen LogP contribution in [0.3, 0.4) is 0 Å². The van der Waals surface area contributed by atoms with Gasteiger partial charge in [0.05, 0.1) is 50.4 Å². The molecule has 0 aliphatic carbocycles. The SMILES string of the molecule is COC(=O)c1cc(C)c(-c2nc3cc(C)ccn3c2CC2CN(C(=O)OC)CCO2)c(F)c1. The van der Waals surface area contributed by atoms with Crippen LogP contribution in [-0.2, 0) is 20.6 Å². The van der Waals surface area contributed by atoms with E-state index in [1.54, 1.807) is 17.9 Å². The number of carbonyl (C=O) groups excluding carboxylic acids is 2. The minimum atomic E-state index is -0.604. The number of esters is 1. The lowest BCUT2D eigenvalue weighted by atomic mass is 9.98. The molecular weight excluding hydrogens is 429 g/mol. The molecule has 8 nitrogen and oxygen atoms in total. The lowest BCUT2D eigenvalue weighted by Gasteiger charge is -2.32. The molecular formula is C24H26FN3O5. The largest absolute Gasteiger partial charge is 0.465 e. The Balaban J connectivity index is 1.79. The van der Waals surface area contributed by atoms with E-state index >= 15 is 4.39 Å². The number of fused-ring (bicyclic) bond motifs is 1. The zero-order chi connectivity index (χ0) is 23.7. The van der Waals surface area contributed by atoms with E-state index in [1.165, 1.54) is 20.3 Å². The first-order chi connectivity index (χ1) is 15.8. The molecule has 2 aromatic heterocycles. The Hall–Kier alpha value is -3.46. The van der Waals surface area contributed by atoms with E-state index in [4.69, 9.17) is 19.2 Å².